The van der Waals surface area contributed by atoms with E-state index in [1.54, 1.807) is 0 Å². The third-order valence-electron chi connectivity index (χ3n) is 3.96. The van der Waals surface area contributed by atoms with Crippen LogP contribution in [0, 0.1) is 0 Å². The molecule has 0 spiro atoms. The number of benzene rings is 1. The van der Waals surface area contributed by atoms with Crippen molar-refractivity contribution >= 4 is 0 Å². The van der Waals surface area contributed by atoms with E-state index in [1.807, 2.05) is 24.3 Å². The topological polar surface area (TPSA) is 61.7 Å². The Morgan fingerprint density at radius 1 is 1.19 bits per heavy atom. The van der Waals surface area contributed by atoms with E-state index in [0.29, 0.717) is 25.8 Å². The summed E-state index contributed by atoms with van der Waals surface area (Å²) in [6, 6.07) is 7.82. The Balaban J connectivity index is 1.60. The summed E-state index contributed by atoms with van der Waals surface area (Å²) in [5.74, 6) is 0. The second kappa shape index (κ2) is 9.15. The Labute approximate surface area is 127 Å². The highest BCUT2D eigenvalue weighted by Crippen LogP contribution is 2.20. The molecule has 1 unspecified atom stereocenters. The lowest BCUT2D eigenvalue weighted by molar-refractivity contribution is -0.0230. The second-order valence-corrected chi connectivity index (χ2v) is 5.86. The Bertz CT molecular complexity index is 405. The van der Waals surface area contributed by atoms with Crippen LogP contribution >= 0.6 is 0 Å². The molecule has 1 aliphatic rings. The van der Waals surface area contributed by atoms with E-state index < -0.39 is 6.10 Å². The van der Waals surface area contributed by atoms with Crippen molar-refractivity contribution in [2.24, 2.45) is 0 Å². The third kappa shape index (κ3) is 6.14. The van der Waals surface area contributed by atoms with E-state index in [2.05, 4.69) is 5.32 Å². The van der Waals surface area contributed by atoms with Crippen molar-refractivity contribution in [3.8, 4) is 0 Å². The van der Waals surface area contributed by atoms with E-state index in [-0.39, 0.29) is 6.61 Å². The minimum absolute atomic E-state index is 0.0612. The molecule has 1 aromatic carbocycles. The minimum atomic E-state index is -0.465. The van der Waals surface area contributed by atoms with Gasteiger partial charge in [0.1, 0.15) is 0 Å². The van der Waals surface area contributed by atoms with Gasteiger partial charge in [-0.15, -0.1) is 0 Å². The quantitative estimate of drug-likeness (QED) is 0.686. The lowest BCUT2D eigenvalue weighted by Crippen LogP contribution is -2.32. The van der Waals surface area contributed by atoms with Gasteiger partial charge in [0, 0.05) is 13.1 Å². The minimum Gasteiger partial charge on any atom is -0.392 e. The molecular formula is C17H27NO3. The van der Waals surface area contributed by atoms with E-state index >= 15 is 0 Å². The molecular weight excluding hydrogens is 266 g/mol. The van der Waals surface area contributed by atoms with Gasteiger partial charge in [-0.05, 0) is 24.0 Å². The van der Waals surface area contributed by atoms with Gasteiger partial charge in [0.15, 0.2) is 0 Å². The maximum absolute atomic E-state index is 9.93. The highest BCUT2D eigenvalue weighted by Gasteiger charge is 2.15. The summed E-state index contributed by atoms with van der Waals surface area (Å²) in [7, 11) is 0. The molecule has 0 radical (unpaired) electrons. The summed E-state index contributed by atoms with van der Waals surface area (Å²) in [6.45, 7) is 1.68. The number of rotatable bonds is 8. The zero-order valence-electron chi connectivity index (χ0n) is 12.6. The van der Waals surface area contributed by atoms with Gasteiger partial charge in [0.05, 0.1) is 25.4 Å². The van der Waals surface area contributed by atoms with Crippen LogP contribution in [0.25, 0.3) is 0 Å². The summed E-state index contributed by atoms with van der Waals surface area (Å²) in [4.78, 5) is 0. The van der Waals surface area contributed by atoms with Gasteiger partial charge in [0.2, 0.25) is 0 Å². The molecule has 4 heteroatoms. The van der Waals surface area contributed by atoms with E-state index in [0.717, 1.165) is 24.0 Å². The van der Waals surface area contributed by atoms with Crippen LogP contribution < -0.4 is 5.32 Å². The van der Waals surface area contributed by atoms with Crippen LogP contribution in [0.5, 0.6) is 0 Å². The highest BCUT2D eigenvalue weighted by atomic mass is 16.5. The van der Waals surface area contributed by atoms with Crippen LogP contribution in [0.3, 0.4) is 0 Å². The van der Waals surface area contributed by atoms with Crippen LogP contribution in [0.15, 0.2) is 24.3 Å². The molecule has 1 aliphatic carbocycles. The van der Waals surface area contributed by atoms with Crippen LogP contribution in [0.4, 0.5) is 0 Å². The first-order valence-corrected chi connectivity index (χ1v) is 7.97. The molecule has 3 N–H and O–H groups in total. The zero-order chi connectivity index (χ0) is 14.9. The molecule has 0 bridgehead atoms. The van der Waals surface area contributed by atoms with E-state index in [9.17, 15) is 5.11 Å². The molecule has 1 fully saturated rings. The molecule has 2 rings (SSSR count). The van der Waals surface area contributed by atoms with Gasteiger partial charge < -0.3 is 20.3 Å². The molecule has 0 aromatic heterocycles. The fraction of sp³-hybridized carbons (Fsp3) is 0.647. The molecule has 0 aliphatic heterocycles. The van der Waals surface area contributed by atoms with Crippen molar-refractivity contribution in [1.82, 2.24) is 5.32 Å². The predicted molar refractivity (Wildman–Crippen MR) is 82.9 cm³/mol. The maximum Gasteiger partial charge on any atom is 0.0897 e. The van der Waals surface area contributed by atoms with E-state index in [1.165, 1.54) is 19.3 Å². The first kappa shape index (κ1) is 16.4. The standard InChI is InChI=1S/C17H27NO3/c19-12-15-6-4-5-14(9-15)10-18-11-16(20)13-21-17-7-2-1-3-8-17/h4-6,9,16-20H,1-3,7-8,10-13H2. The predicted octanol–water partition coefficient (Wildman–Crippen LogP) is 1.98. The third-order valence-corrected chi connectivity index (χ3v) is 3.96. The number of hydrogen-bond acceptors (Lipinski definition) is 4. The molecule has 0 amide bonds. The summed E-state index contributed by atoms with van der Waals surface area (Å²) in [6.07, 6.45) is 5.96. The number of ether oxygens (including phenoxy) is 1. The maximum atomic E-state index is 9.93. The van der Waals surface area contributed by atoms with Crippen LogP contribution in [0.2, 0.25) is 0 Å². The Morgan fingerprint density at radius 2 is 1.95 bits per heavy atom. The van der Waals surface area contributed by atoms with Gasteiger partial charge >= 0.3 is 0 Å². The smallest absolute Gasteiger partial charge is 0.0897 e. The number of aliphatic hydroxyl groups is 2. The lowest BCUT2D eigenvalue weighted by atomic mass is 9.98. The number of hydrogen-bond donors (Lipinski definition) is 3. The molecule has 1 saturated carbocycles. The SMILES string of the molecule is OCc1cccc(CNCC(O)COC2CCCCC2)c1. The van der Waals surface area contributed by atoms with Crippen LogP contribution in [0.1, 0.15) is 43.2 Å². The van der Waals surface area contributed by atoms with Gasteiger partial charge in [-0.1, -0.05) is 43.5 Å². The summed E-state index contributed by atoms with van der Waals surface area (Å²) in [5.41, 5.74) is 2.03. The molecule has 118 valence electrons. The molecule has 1 aromatic rings. The van der Waals surface area contributed by atoms with Crippen molar-refractivity contribution in [1.29, 1.82) is 0 Å². The Kier molecular flexibility index (Phi) is 7.16. The summed E-state index contributed by atoms with van der Waals surface area (Å²) < 4.78 is 5.76. The van der Waals surface area contributed by atoms with Crippen molar-refractivity contribution in [2.75, 3.05) is 13.2 Å². The molecule has 1 atom stereocenters. The molecule has 21 heavy (non-hydrogen) atoms. The Hall–Kier alpha value is -0.940. The number of nitrogens with one attached hydrogen (secondary N) is 1. The second-order valence-electron chi connectivity index (χ2n) is 5.86. The average molecular weight is 293 g/mol. The van der Waals surface area contributed by atoms with Gasteiger partial charge in [-0.25, -0.2) is 0 Å². The zero-order valence-corrected chi connectivity index (χ0v) is 12.6. The summed E-state index contributed by atoms with van der Waals surface area (Å²) in [5, 5.41) is 22.3. The first-order chi connectivity index (χ1) is 10.3. The Morgan fingerprint density at radius 3 is 2.71 bits per heavy atom. The van der Waals surface area contributed by atoms with Crippen LogP contribution in [-0.4, -0.2) is 35.6 Å². The van der Waals surface area contributed by atoms with Gasteiger partial charge in [0.25, 0.3) is 0 Å². The summed E-state index contributed by atoms with van der Waals surface area (Å²) >= 11 is 0. The highest BCUT2D eigenvalue weighted by molar-refractivity contribution is 5.22. The van der Waals surface area contributed by atoms with Gasteiger partial charge in [-0.3, -0.25) is 0 Å². The average Bonchev–Trinajstić information content (AvgIpc) is 2.54. The van der Waals surface area contributed by atoms with Crippen LogP contribution in [-0.2, 0) is 17.9 Å². The molecule has 0 saturated heterocycles. The molecule has 0 heterocycles. The largest absolute Gasteiger partial charge is 0.392 e. The monoisotopic (exact) mass is 293 g/mol. The van der Waals surface area contributed by atoms with Gasteiger partial charge in [-0.2, -0.15) is 0 Å². The lowest BCUT2D eigenvalue weighted by Gasteiger charge is -2.23. The van der Waals surface area contributed by atoms with Crippen molar-refractivity contribution in [2.45, 2.75) is 57.5 Å². The van der Waals surface area contributed by atoms with Crippen molar-refractivity contribution in [3.05, 3.63) is 35.4 Å². The fourth-order valence-corrected chi connectivity index (χ4v) is 2.76. The van der Waals surface area contributed by atoms with E-state index in [4.69, 9.17) is 9.84 Å². The number of aliphatic hydroxyl groups excluding tert-OH is 2. The molecule has 4 nitrogen and oxygen atoms in total. The van der Waals surface area contributed by atoms with Crippen molar-refractivity contribution in [3.63, 3.8) is 0 Å². The van der Waals surface area contributed by atoms with Crippen molar-refractivity contribution < 1.29 is 14.9 Å². The first-order valence-electron chi connectivity index (χ1n) is 7.97. The fourth-order valence-electron chi connectivity index (χ4n) is 2.76. The normalized spacial score (nSPS) is 17.8.